The Balaban J connectivity index is 4.93. The fourth-order valence-corrected chi connectivity index (χ4v) is 3.14. The van der Waals surface area contributed by atoms with E-state index in [1.807, 2.05) is 0 Å². The van der Waals surface area contributed by atoms with Crippen LogP contribution in [-0.2, 0) is 0 Å². The van der Waals surface area contributed by atoms with Crippen LogP contribution in [0.1, 0.15) is 87.0 Å². The Labute approximate surface area is 122 Å². The summed E-state index contributed by atoms with van der Waals surface area (Å²) in [5, 5.41) is 0. The van der Waals surface area contributed by atoms with Crippen LogP contribution >= 0.6 is 0 Å². The third-order valence-electron chi connectivity index (χ3n) is 4.43. The van der Waals surface area contributed by atoms with Crippen LogP contribution in [0.15, 0.2) is 23.3 Å². The second kappa shape index (κ2) is 9.39. The molecule has 1 radical (unpaired) electrons. The van der Waals surface area contributed by atoms with Crippen molar-refractivity contribution in [1.82, 2.24) is 0 Å². The molecule has 0 aromatic heterocycles. The molecule has 0 atom stereocenters. The standard InChI is InChI=1S/C19H35/c1-8-18(9-2)19(10-3,11-4)15-17(7)14-12-13-16(5)6/h13,15H,8-12,14H2,1-7H3. The van der Waals surface area contributed by atoms with Gasteiger partial charge in [0.2, 0.25) is 0 Å². The minimum Gasteiger partial charge on any atom is -0.0856 e. The molecule has 0 aliphatic carbocycles. The number of rotatable bonds is 9. The largest absolute Gasteiger partial charge is 0.0856 e. The van der Waals surface area contributed by atoms with Crippen molar-refractivity contribution in [2.75, 3.05) is 0 Å². The quantitative estimate of drug-likeness (QED) is 0.398. The molecule has 0 heterocycles. The molecule has 0 aliphatic rings. The van der Waals surface area contributed by atoms with Crippen molar-refractivity contribution in [3.8, 4) is 0 Å². The van der Waals surface area contributed by atoms with Crippen molar-refractivity contribution in [1.29, 1.82) is 0 Å². The van der Waals surface area contributed by atoms with E-state index < -0.39 is 0 Å². The van der Waals surface area contributed by atoms with Gasteiger partial charge in [-0.15, -0.1) is 0 Å². The first-order chi connectivity index (χ1) is 8.95. The molecule has 0 saturated carbocycles. The Morgan fingerprint density at radius 2 is 1.42 bits per heavy atom. The highest BCUT2D eigenvalue weighted by atomic mass is 14.4. The summed E-state index contributed by atoms with van der Waals surface area (Å²) in [5.41, 5.74) is 3.33. The molecule has 0 nitrogen and oxygen atoms in total. The summed E-state index contributed by atoms with van der Waals surface area (Å²) < 4.78 is 0. The zero-order chi connectivity index (χ0) is 14.9. The third-order valence-corrected chi connectivity index (χ3v) is 4.43. The lowest BCUT2D eigenvalue weighted by atomic mass is 9.68. The van der Waals surface area contributed by atoms with Crippen LogP contribution in [0.25, 0.3) is 0 Å². The normalized spacial score (nSPS) is 12.9. The molecule has 0 spiro atoms. The van der Waals surface area contributed by atoms with Gasteiger partial charge in [0.25, 0.3) is 0 Å². The average molecular weight is 263 g/mol. The molecule has 0 aromatic rings. The van der Waals surface area contributed by atoms with E-state index in [1.165, 1.54) is 44.1 Å². The summed E-state index contributed by atoms with van der Waals surface area (Å²) in [7, 11) is 0. The molecule has 0 rings (SSSR count). The zero-order valence-electron chi connectivity index (χ0n) is 14.4. The Morgan fingerprint density at radius 1 is 0.895 bits per heavy atom. The molecular formula is C19H35. The molecule has 0 saturated heterocycles. The minimum absolute atomic E-state index is 0.346. The predicted octanol–water partition coefficient (Wildman–Crippen LogP) is 6.88. The summed E-state index contributed by atoms with van der Waals surface area (Å²) in [4.78, 5) is 0. The van der Waals surface area contributed by atoms with E-state index in [0.29, 0.717) is 5.41 Å². The molecule has 0 unspecified atom stereocenters. The first-order valence-corrected chi connectivity index (χ1v) is 8.12. The van der Waals surface area contributed by atoms with Crippen molar-refractivity contribution in [3.05, 3.63) is 29.2 Å². The smallest absolute Gasteiger partial charge is 0.00591 e. The van der Waals surface area contributed by atoms with Crippen LogP contribution in [0.4, 0.5) is 0 Å². The first kappa shape index (κ1) is 18.5. The fraction of sp³-hybridized carbons (Fsp3) is 0.737. The van der Waals surface area contributed by atoms with Gasteiger partial charge in [-0.2, -0.15) is 0 Å². The highest BCUT2D eigenvalue weighted by Crippen LogP contribution is 2.43. The van der Waals surface area contributed by atoms with Crippen LogP contribution in [0.2, 0.25) is 0 Å². The molecular weight excluding hydrogens is 228 g/mol. The molecule has 0 aromatic carbocycles. The lowest BCUT2D eigenvalue weighted by molar-refractivity contribution is 0.340. The summed E-state index contributed by atoms with van der Waals surface area (Å²) in [6.07, 6.45) is 12.2. The number of hydrogen-bond acceptors (Lipinski definition) is 0. The predicted molar refractivity (Wildman–Crippen MR) is 89.3 cm³/mol. The van der Waals surface area contributed by atoms with Crippen LogP contribution < -0.4 is 0 Å². The topological polar surface area (TPSA) is 0 Å². The maximum atomic E-state index is 2.58. The van der Waals surface area contributed by atoms with Crippen LogP contribution in [0.5, 0.6) is 0 Å². The van der Waals surface area contributed by atoms with Gasteiger partial charge in [-0.05, 0) is 70.6 Å². The Kier molecular flexibility index (Phi) is 9.14. The fourth-order valence-electron chi connectivity index (χ4n) is 3.14. The summed E-state index contributed by atoms with van der Waals surface area (Å²) in [6.45, 7) is 16.0. The monoisotopic (exact) mass is 263 g/mol. The molecule has 0 heteroatoms. The number of hydrogen-bond donors (Lipinski definition) is 0. The molecule has 19 heavy (non-hydrogen) atoms. The van der Waals surface area contributed by atoms with E-state index in [1.54, 1.807) is 11.5 Å². The van der Waals surface area contributed by atoms with Crippen molar-refractivity contribution in [3.63, 3.8) is 0 Å². The SMILES string of the molecule is CC[C](CC)C(C=C(C)CCC=C(C)C)(CC)CC. The van der Waals surface area contributed by atoms with Gasteiger partial charge in [0.05, 0.1) is 0 Å². The summed E-state index contributed by atoms with van der Waals surface area (Å²) in [6, 6.07) is 0. The van der Waals surface area contributed by atoms with Crippen LogP contribution in [-0.4, -0.2) is 0 Å². The van der Waals surface area contributed by atoms with Gasteiger partial charge in [0, 0.05) is 0 Å². The van der Waals surface area contributed by atoms with Gasteiger partial charge >= 0.3 is 0 Å². The van der Waals surface area contributed by atoms with E-state index in [0.717, 1.165) is 0 Å². The maximum Gasteiger partial charge on any atom is -0.00591 e. The van der Waals surface area contributed by atoms with E-state index in [9.17, 15) is 0 Å². The van der Waals surface area contributed by atoms with Crippen molar-refractivity contribution in [2.24, 2.45) is 5.41 Å². The Bertz CT molecular complexity index is 281. The average Bonchev–Trinajstić information content (AvgIpc) is 2.38. The van der Waals surface area contributed by atoms with E-state index in [2.05, 4.69) is 60.6 Å². The van der Waals surface area contributed by atoms with Crippen LogP contribution in [0.3, 0.4) is 0 Å². The number of allylic oxidation sites excluding steroid dienone is 4. The van der Waals surface area contributed by atoms with E-state index in [4.69, 9.17) is 0 Å². The van der Waals surface area contributed by atoms with Gasteiger partial charge in [0.15, 0.2) is 0 Å². The molecule has 0 aliphatic heterocycles. The molecule has 111 valence electrons. The lowest BCUT2D eigenvalue weighted by Gasteiger charge is -2.37. The molecule has 0 bridgehead atoms. The lowest BCUT2D eigenvalue weighted by Crippen LogP contribution is -2.25. The zero-order valence-corrected chi connectivity index (χ0v) is 14.4. The maximum absolute atomic E-state index is 2.58. The van der Waals surface area contributed by atoms with Gasteiger partial charge in [-0.1, -0.05) is 51.0 Å². The van der Waals surface area contributed by atoms with Crippen molar-refractivity contribution < 1.29 is 0 Å². The van der Waals surface area contributed by atoms with Gasteiger partial charge in [-0.25, -0.2) is 0 Å². The van der Waals surface area contributed by atoms with Gasteiger partial charge in [0.1, 0.15) is 0 Å². The minimum atomic E-state index is 0.346. The van der Waals surface area contributed by atoms with Gasteiger partial charge in [-0.3, -0.25) is 0 Å². The summed E-state index contributed by atoms with van der Waals surface area (Å²) in [5.74, 6) is 1.72. The van der Waals surface area contributed by atoms with Crippen LogP contribution in [0, 0.1) is 11.3 Å². The van der Waals surface area contributed by atoms with Crippen molar-refractivity contribution in [2.45, 2.75) is 87.0 Å². The second-order valence-corrected chi connectivity index (χ2v) is 5.98. The second-order valence-electron chi connectivity index (χ2n) is 5.98. The summed E-state index contributed by atoms with van der Waals surface area (Å²) >= 11 is 0. The first-order valence-electron chi connectivity index (χ1n) is 8.12. The molecule has 0 N–H and O–H groups in total. The van der Waals surface area contributed by atoms with Crippen molar-refractivity contribution >= 4 is 0 Å². The highest BCUT2D eigenvalue weighted by molar-refractivity contribution is 5.19. The third kappa shape index (κ3) is 5.97. The highest BCUT2D eigenvalue weighted by Gasteiger charge is 2.31. The van der Waals surface area contributed by atoms with Gasteiger partial charge < -0.3 is 0 Å². The van der Waals surface area contributed by atoms with E-state index in [-0.39, 0.29) is 0 Å². The Hall–Kier alpha value is -0.520. The molecule has 0 fully saturated rings. The van der Waals surface area contributed by atoms with E-state index >= 15 is 0 Å². The molecule has 0 amide bonds. The Morgan fingerprint density at radius 3 is 1.79 bits per heavy atom.